The molecule has 3 rings (SSSR count). The molecule has 3 heteroatoms. The Morgan fingerprint density at radius 1 is 1.00 bits per heavy atom. The van der Waals surface area contributed by atoms with Crippen LogP contribution in [0, 0.1) is 13.8 Å². The molecule has 84 valence electrons. The zero-order valence-electron chi connectivity index (χ0n) is 9.84. The zero-order valence-corrected chi connectivity index (χ0v) is 10.7. The smallest absolute Gasteiger partial charge is 0.238 e. The Balaban J connectivity index is 2.38. The molecule has 0 radical (unpaired) electrons. The molecule has 0 bridgehead atoms. The summed E-state index contributed by atoms with van der Waals surface area (Å²) in [6.07, 6.45) is 0. The van der Waals surface area contributed by atoms with Gasteiger partial charge in [-0.1, -0.05) is 6.07 Å². The number of pyridine rings is 1. The molecule has 0 amide bonds. The van der Waals surface area contributed by atoms with Gasteiger partial charge in [0.2, 0.25) is 5.69 Å². The highest BCUT2D eigenvalue weighted by molar-refractivity contribution is 7.16. The number of hydrogen-bond donors (Lipinski definition) is 0. The summed E-state index contributed by atoms with van der Waals surface area (Å²) in [6.45, 7) is 4.25. The van der Waals surface area contributed by atoms with Crippen LogP contribution in [0.2, 0.25) is 0 Å². The predicted octanol–water partition coefficient (Wildman–Crippen LogP) is 3.19. The quantitative estimate of drug-likeness (QED) is 0.598. The third kappa shape index (κ3) is 1.63. The van der Waals surface area contributed by atoms with Crippen LogP contribution in [0.5, 0.6) is 0 Å². The van der Waals surface area contributed by atoms with Gasteiger partial charge in [-0.15, -0.1) is 11.3 Å². The molecule has 2 heterocycles. The molecule has 1 aromatic carbocycles. The molecule has 0 atom stereocenters. The number of benzene rings is 1. The predicted molar refractivity (Wildman–Crippen MR) is 70.6 cm³/mol. The number of rotatable bonds is 1. The van der Waals surface area contributed by atoms with Gasteiger partial charge in [0.15, 0.2) is 16.9 Å². The lowest BCUT2D eigenvalue weighted by Crippen LogP contribution is -2.37. The zero-order chi connectivity index (χ0) is 11.8. The standard InChI is InChI=1S/C14H13N2S/c1-10-5-3-6-11(2)16(10)12-7-4-8-13-14(12)15-9-17-13/h3-9H,1-2H3/q+1. The summed E-state index contributed by atoms with van der Waals surface area (Å²) in [5.41, 5.74) is 6.61. The Hall–Kier alpha value is -1.74. The number of thiazole rings is 1. The fourth-order valence-corrected chi connectivity index (χ4v) is 2.88. The minimum Gasteiger partial charge on any atom is -0.238 e. The fraction of sp³-hybridized carbons (Fsp3) is 0.143. The Labute approximate surface area is 104 Å². The molecular weight excluding hydrogens is 228 g/mol. The van der Waals surface area contributed by atoms with Gasteiger partial charge < -0.3 is 0 Å². The van der Waals surface area contributed by atoms with E-state index in [1.54, 1.807) is 11.3 Å². The van der Waals surface area contributed by atoms with Crippen molar-refractivity contribution in [1.29, 1.82) is 0 Å². The van der Waals surface area contributed by atoms with Crippen LogP contribution in [0.1, 0.15) is 11.4 Å². The minimum absolute atomic E-state index is 1.08. The van der Waals surface area contributed by atoms with Crippen LogP contribution in [0.4, 0.5) is 0 Å². The minimum atomic E-state index is 1.08. The molecule has 0 aliphatic carbocycles. The molecule has 2 nitrogen and oxygen atoms in total. The Morgan fingerprint density at radius 2 is 1.71 bits per heavy atom. The second kappa shape index (κ2) is 3.93. The maximum Gasteiger partial charge on any atom is 0.238 e. The highest BCUT2D eigenvalue weighted by Crippen LogP contribution is 2.21. The molecule has 0 spiro atoms. The topological polar surface area (TPSA) is 16.8 Å². The summed E-state index contributed by atoms with van der Waals surface area (Å²) in [4.78, 5) is 4.47. The van der Waals surface area contributed by atoms with Crippen LogP contribution in [0.25, 0.3) is 15.9 Å². The summed E-state index contributed by atoms with van der Waals surface area (Å²) in [5, 5.41) is 0. The van der Waals surface area contributed by atoms with Crippen molar-refractivity contribution in [3.63, 3.8) is 0 Å². The van der Waals surface area contributed by atoms with Crippen molar-refractivity contribution in [3.05, 3.63) is 53.3 Å². The lowest BCUT2D eigenvalue weighted by molar-refractivity contribution is -0.608. The summed E-state index contributed by atoms with van der Waals surface area (Å²) in [6, 6.07) is 12.7. The number of hydrogen-bond acceptors (Lipinski definition) is 2. The van der Waals surface area contributed by atoms with E-state index in [4.69, 9.17) is 0 Å². The number of aromatic nitrogens is 2. The van der Waals surface area contributed by atoms with Crippen molar-refractivity contribution in [2.45, 2.75) is 13.8 Å². The van der Waals surface area contributed by atoms with Crippen LogP contribution in [-0.2, 0) is 0 Å². The van der Waals surface area contributed by atoms with Gasteiger partial charge in [0.05, 0.1) is 10.2 Å². The first-order valence-electron chi connectivity index (χ1n) is 5.58. The Kier molecular flexibility index (Phi) is 2.41. The number of fused-ring (bicyclic) bond motifs is 1. The van der Waals surface area contributed by atoms with Crippen molar-refractivity contribution >= 4 is 21.6 Å². The van der Waals surface area contributed by atoms with Crippen LogP contribution in [0.3, 0.4) is 0 Å². The fourth-order valence-electron chi connectivity index (χ4n) is 2.19. The van der Waals surface area contributed by atoms with Gasteiger partial charge in [0.1, 0.15) is 0 Å². The second-order valence-electron chi connectivity index (χ2n) is 4.12. The van der Waals surface area contributed by atoms with E-state index in [0.717, 1.165) is 5.52 Å². The lowest BCUT2D eigenvalue weighted by Gasteiger charge is -2.03. The maximum absolute atomic E-state index is 4.47. The highest BCUT2D eigenvalue weighted by atomic mass is 32.1. The van der Waals surface area contributed by atoms with Gasteiger partial charge in [0.25, 0.3) is 0 Å². The van der Waals surface area contributed by atoms with Crippen LogP contribution in [-0.4, -0.2) is 4.98 Å². The number of nitrogens with zero attached hydrogens (tertiary/aromatic N) is 2. The molecule has 0 unspecified atom stereocenters. The summed E-state index contributed by atoms with van der Waals surface area (Å²) in [7, 11) is 0. The van der Waals surface area contributed by atoms with Gasteiger partial charge in [0, 0.05) is 32.0 Å². The molecule has 0 aliphatic rings. The molecule has 2 aromatic heterocycles. The van der Waals surface area contributed by atoms with Crippen molar-refractivity contribution in [1.82, 2.24) is 4.98 Å². The van der Waals surface area contributed by atoms with Gasteiger partial charge in [-0.3, -0.25) is 0 Å². The lowest BCUT2D eigenvalue weighted by atomic mass is 10.2. The monoisotopic (exact) mass is 241 g/mol. The van der Waals surface area contributed by atoms with E-state index in [2.05, 4.69) is 59.8 Å². The highest BCUT2D eigenvalue weighted by Gasteiger charge is 2.17. The molecule has 0 aliphatic heterocycles. The number of para-hydroxylation sites is 1. The van der Waals surface area contributed by atoms with Crippen LogP contribution in [0.15, 0.2) is 41.9 Å². The normalized spacial score (nSPS) is 10.9. The molecule has 3 aromatic rings. The van der Waals surface area contributed by atoms with Crippen LogP contribution < -0.4 is 4.57 Å². The van der Waals surface area contributed by atoms with Gasteiger partial charge in [-0.2, -0.15) is 4.57 Å². The van der Waals surface area contributed by atoms with Gasteiger partial charge >= 0.3 is 0 Å². The van der Waals surface area contributed by atoms with Crippen molar-refractivity contribution in [2.24, 2.45) is 0 Å². The third-order valence-corrected chi connectivity index (χ3v) is 3.75. The molecule has 0 saturated heterocycles. The third-order valence-electron chi connectivity index (χ3n) is 2.96. The Morgan fingerprint density at radius 3 is 2.47 bits per heavy atom. The van der Waals surface area contributed by atoms with E-state index in [9.17, 15) is 0 Å². The van der Waals surface area contributed by atoms with Crippen LogP contribution >= 0.6 is 11.3 Å². The number of aryl methyl sites for hydroxylation is 2. The first-order valence-corrected chi connectivity index (χ1v) is 6.46. The summed E-state index contributed by atoms with van der Waals surface area (Å²) in [5.74, 6) is 0. The first-order chi connectivity index (χ1) is 8.27. The molecule has 17 heavy (non-hydrogen) atoms. The molecule has 0 saturated carbocycles. The van der Waals surface area contributed by atoms with Gasteiger partial charge in [-0.05, 0) is 12.1 Å². The van der Waals surface area contributed by atoms with E-state index in [1.807, 2.05) is 5.51 Å². The summed E-state index contributed by atoms with van der Waals surface area (Å²) >= 11 is 1.68. The summed E-state index contributed by atoms with van der Waals surface area (Å²) < 4.78 is 3.49. The van der Waals surface area contributed by atoms with E-state index in [-0.39, 0.29) is 0 Å². The van der Waals surface area contributed by atoms with E-state index < -0.39 is 0 Å². The average Bonchev–Trinajstić information content (AvgIpc) is 2.77. The second-order valence-corrected chi connectivity index (χ2v) is 5.01. The maximum atomic E-state index is 4.47. The molecular formula is C14H13N2S+. The first kappa shape index (κ1) is 10.4. The average molecular weight is 241 g/mol. The van der Waals surface area contributed by atoms with Crippen molar-refractivity contribution < 1.29 is 4.57 Å². The van der Waals surface area contributed by atoms with Crippen molar-refractivity contribution in [3.8, 4) is 5.69 Å². The Bertz CT molecular complexity index is 665. The molecule has 0 fully saturated rings. The molecule has 0 N–H and O–H groups in total. The van der Waals surface area contributed by atoms with E-state index in [0.29, 0.717) is 0 Å². The van der Waals surface area contributed by atoms with Gasteiger partial charge in [-0.25, -0.2) is 4.98 Å². The van der Waals surface area contributed by atoms with E-state index >= 15 is 0 Å². The SMILES string of the molecule is Cc1cccc(C)[n+]1-c1cccc2scnc12. The largest absolute Gasteiger partial charge is 0.238 e. The van der Waals surface area contributed by atoms with E-state index in [1.165, 1.54) is 21.8 Å². The van der Waals surface area contributed by atoms with Crippen molar-refractivity contribution in [2.75, 3.05) is 0 Å².